The summed E-state index contributed by atoms with van der Waals surface area (Å²) in [5, 5.41) is 13.1. The molecule has 8 nitrogen and oxygen atoms in total. The van der Waals surface area contributed by atoms with Crippen LogP contribution in [0.25, 0.3) is 0 Å². The fourth-order valence-electron chi connectivity index (χ4n) is 2.05. The standard InChI is InChI=1S/C18H18N2O6/c1-12(2)26-16-8-6-13(7-9-16)18(22)25-11-17(21)19-14-4-3-5-15(10-14)20(23)24/h3-10,12H,11H2,1-2H3,(H,19,21). The van der Waals surface area contributed by atoms with Crippen LogP contribution in [0.5, 0.6) is 5.75 Å². The van der Waals surface area contributed by atoms with Gasteiger partial charge in [-0.3, -0.25) is 14.9 Å². The van der Waals surface area contributed by atoms with Crippen LogP contribution in [0, 0.1) is 10.1 Å². The van der Waals surface area contributed by atoms with E-state index in [1.54, 1.807) is 24.3 Å². The van der Waals surface area contributed by atoms with Crippen molar-refractivity contribution < 1.29 is 24.0 Å². The van der Waals surface area contributed by atoms with Gasteiger partial charge in [-0.25, -0.2) is 4.79 Å². The Hall–Kier alpha value is -3.42. The molecule has 136 valence electrons. The number of hydrogen-bond acceptors (Lipinski definition) is 6. The Bertz CT molecular complexity index is 802. The quantitative estimate of drug-likeness (QED) is 0.463. The molecule has 0 spiro atoms. The zero-order chi connectivity index (χ0) is 19.1. The van der Waals surface area contributed by atoms with E-state index in [0.717, 1.165) is 0 Å². The Morgan fingerprint density at radius 3 is 2.46 bits per heavy atom. The van der Waals surface area contributed by atoms with Crippen LogP contribution in [-0.2, 0) is 9.53 Å². The van der Waals surface area contributed by atoms with Crippen molar-refractivity contribution in [3.63, 3.8) is 0 Å². The lowest BCUT2D eigenvalue weighted by atomic mass is 10.2. The number of hydrogen-bond donors (Lipinski definition) is 1. The van der Waals surface area contributed by atoms with Crippen LogP contribution in [0.15, 0.2) is 48.5 Å². The maximum Gasteiger partial charge on any atom is 0.338 e. The molecule has 1 amide bonds. The summed E-state index contributed by atoms with van der Waals surface area (Å²) in [6, 6.07) is 11.8. The molecule has 2 rings (SSSR count). The summed E-state index contributed by atoms with van der Waals surface area (Å²) < 4.78 is 10.4. The number of ether oxygens (including phenoxy) is 2. The molecule has 0 saturated heterocycles. The number of nitro benzene ring substituents is 1. The molecule has 2 aromatic carbocycles. The summed E-state index contributed by atoms with van der Waals surface area (Å²) in [4.78, 5) is 33.9. The van der Waals surface area contributed by atoms with E-state index in [2.05, 4.69) is 5.32 Å². The minimum atomic E-state index is -0.657. The third kappa shape index (κ3) is 5.59. The second kappa shape index (κ2) is 8.61. The number of carbonyl (C=O) groups excluding carboxylic acids is 2. The van der Waals surface area contributed by atoms with Crippen molar-refractivity contribution in [1.82, 2.24) is 0 Å². The Balaban J connectivity index is 1.87. The summed E-state index contributed by atoms with van der Waals surface area (Å²) >= 11 is 0. The molecule has 0 bridgehead atoms. The summed E-state index contributed by atoms with van der Waals surface area (Å²) in [5.41, 5.74) is 0.378. The van der Waals surface area contributed by atoms with Gasteiger partial charge in [0.1, 0.15) is 5.75 Å². The average Bonchev–Trinajstić information content (AvgIpc) is 2.60. The molecule has 0 unspecified atom stereocenters. The highest BCUT2D eigenvalue weighted by atomic mass is 16.6. The molecule has 1 N–H and O–H groups in total. The third-order valence-corrected chi connectivity index (χ3v) is 3.14. The number of carbonyl (C=O) groups is 2. The first-order chi connectivity index (χ1) is 12.3. The number of nitrogens with one attached hydrogen (secondary N) is 1. The predicted octanol–water partition coefficient (Wildman–Crippen LogP) is 3.18. The fourth-order valence-corrected chi connectivity index (χ4v) is 2.05. The average molecular weight is 358 g/mol. The molecule has 26 heavy (non-hydrogen) atoms. The van der Waals surface area contributed by atoms with Crippen LogP contribution in [0.1, 0.15) is 24.2 Å². The molecule has 0 fully saturated rings. The molecule has 0 atom stereocenters. The van der Waals surface area contributed by atoms with Gasteiger partial charge < -0.3 is 14.8 Å². The van der Waals surface area contributed by atoms with Crippen molar-refractivity contribution in [2.45, 2.75) is 20.0 Å². The first-order valence-corrected chi connectivity index (χ1v) is 7.83. The molecule has 0 aliphatic carbocycles. The first kappa shape index (κ1) is 18.9. The monoisotopic (exact) mass is 358 g/mol. The van der Waals surface area contributed by atoms with Crippen molar-refractivity contribution in [2.75, 3.05) is 11.9 Å². The third-order valence-electron chi connectivity index (χ3n) is 3.14. The fraction of sp³-hybridized carbons (Fsp3) is 0.222. The molecule has 0 aliphatic heterocycles. The Morgan fingerprint density at radius 1 is 1.15 bits per heavy atom. The number of nitro groups is 1. The maximum absolute atomic E-state index is 11.9. The molecule has 8 heteroatoms. The van der Waals surface area contributed by atoms with E-state index in [1.807, 2.05) is 13.8 Å². The van der Waals surface area contributed by atoms with E-state index < -0.39 is 23.4 Å². The van der Waals surface area contributed by atoms with Gasteiger partial charge in [-0.05, 0) is 44.2 Å². The highest BCUT2D eigenvalue weighted by Gasteiger charge is 2.12. The second-order valence-electron chi connectivity index (χ2n) is 5.62. The van der Waals surface area contributed by atoms with Crippen molar-refractivity contribution in [3.05, 3.63) is 64.2 Å². The molecule has 0 heterocycles. The van der Waals surface area contributed by atoms with Crippen LogP contribution < -0.4 is 10.1 Å². The molecule has 0 saturated carbocycles. The van der Waals surface area contributed by atoms with Crippen molar-refractivity contribution in [3.8, 4) is 5.75 Å². The summed E-state index contributed by atoms with van der Waals surface area (Å²) in [6.45, 7) is 3.27. The zero-order valence-electron chi connectivity index (χ0n) is 14.3. The van der Waals surface area contributed by atoms with E-state index in [1.165, 1.54) is 24.3 Å². The minimum absolute atomic E-state index is 0.0188. The topological polar surface area (TPSA) is 108 Å². The number of rotatable bonds is 7. The van der Waals surface area contributed by atoms with Crippen LogP contribution in [-0.4, -0.2) is 29.5 Å². The number of benzene rings is 2. The van der Waals surface area contributed by atoms with Gasteiger partial charge in [0, 0.05) is 17.8 Å². The van der Waals surface area contributed by atoms with E-state index in [0.29, 0.717) is 5.75 Å². The van der Waals surface area contributed by atoms with Gasteiger partial charge in [0.15, 0.2) is 6.61 Å². The van der Waals surface area contributed by atoms with Crippen molar-refractivity contribution in [1.29, 1.82) is 0 Å². The van der Waals surface area contributed by atoms with Gasteiger partial charge in [0.25, 0.3) is 11.6 Å². The molecular weight excluding hydrogens is 340 g/mol. The number of amides is 1. The van der Waals surface area contributed by atoms with Gasteiger partial charge in [-0.15, -0.1) is 0 Å². The molecular formula is C18H18N2O6. The van der Waals surface area contributed by atoms with Crippen LogP contribution in [0.4, 0.5) is 11.4 Å². The molecule has 0 radical (unpaired) electrons. The number of nitrogens with zero attached hydrogens (tertiary/aromatic N) is 1. The summed E-state index contributed by atoms with van der Waals surface area (Å²) in [5.74, 6) is -0.631. The Morgan fingerprint density at radius 2 is 1.85 bits per heavy atom. The number of esters is 1. The Labute approximate surface area is 149 Å². The van der Waals surface area contributed by atoms with Crippen molar-refractivity contribution in [2.24, 2.45) is 0 Å². The maximum atomic E-state index is 11.9. The molecule has 2 aromatic rings. The van der Waals surface area contributed by atoms with Gasteiger partial charge in [-0.1, -0.05) is 6.07 Å². The van der Waals surface area contributed by atoms with Crippen molar-refractivity contribution >= 4 is 23.3 Å². The van der Waals surface area contributed by atoms with E-state index in [9.17, 15) is 19.7 Å². The lowest BCUT2D eigenvalue weighted by Gasteiger charge is -2.10. The largest absolute Gasteiger partial charge is 0.491 e. The lowest BCUT2D eigenvalue weighted by molar-refractivity contribution is -0.384. The van der Waals surface area contributed by atoms with Gasteiger partial charge in [-0.2, -0.15) is 0 Å². The van der Waals surface area contributed by atoms with Gasteiger partial charge in [0.2, 0.25) is 0 Å². The Kier molecular flexibility index (Phi) is 6.26. The normalized spacial score (nSPS) is 10.3. The number of anilines is 1. The molecule has 0 aliphatic rings. The zero-order valence-corrected chi connectivity index (χ0v) is 14.3. The lowest BCUT2D eigenvalue weighted by Crippen LogP contribution is -2.21. The summed E-state index contributed by atoms with van der Waals surface area (Å²) in [7, 11) is 0. The molecule has 0 aromatic heterocycles. The smallest absolute Gasteiger partial charge is 0.338 e. The minimum Gasteiger partial charge on any atom is -0.491 e. The van der Waals surface area contributed by atoms with Crippen LogP contribution >= 0.6 is 0 Å². The SMILES string of the molecule is CC(C)Oc1ccc(C(=O)OCC(=O)Nc2cccc([N+](=O)[O-])c2)cc1. The highest BCUT2D eigenvalue weighted by molar-refractivity contribution is 5.95. The predicted molar refractivity (Wildman–Crippen MR) is 94.2 cm³/mol. The van der Waals surface area contributed by atoms with E-state index >= 15 is 0 Å². The van der Waals surface area contributed by atoms with Crippen LogP contribution in [0.3, 0.4) is 0 Å². The van der Waals surface area contributed by atoms with E-state index in [-0.39, 0.29) is 23.0 Å². The second-order valence-corrected chi connectivity index (χ2v) is 5.62. The highest BCUT2D eigenvalue weighted by Crippen LogP contribution is 2.17. The van der Waals surface area contributed by atoms with Gasteiger partial charge >= 0.3 is 5.97 Å². The van der Waals surface area contributed by atoms with Crippen LogP contribution in [0.2, 0.25) is 0 Å². The van der Waals surface area contributed by atoms with Gasteiger partial charge in [0.05, 0.1) is 16.6 Å². The first-order valence-electron chi connectivity index (χ1n) is 7.83. The summed E-state index contributed by atoms with van der Waals surface area (Å²) in [6.07, 6.45) is 0.0188. The van der Waals surface area contributed by atoms with E-state index in [4.69, 9.17) is 9.47 Å². The number of non-ortho nitro benzene ring substituents is 1.